The lowest BCUT2D eigenvalue weighted by atomic mass is 10.2. The van der Waals surface area contributed by atoms with E-state index in [0.29, 0.717) is 17.2 Å². The first kappa shape index (κ1) is 19.7. The highest BCUT2D eigenvalue weighted by Crippen LogP contribution is 2.27. The Morgan fingerprint density at radius 1 is 1.21 bits per heavy atom. The van der Waals surface area contributed by atoms with Crippen LogP contribution in [0.25, 0.3) is 0 Å². The first-order valence-electron chi connectivity index (χ1n) is 8.42. The van der Waals surface area contributed by atoms with Crippen molar-refractivity contribution in [2.75, 3.05) is 23.3 Å². The van der Waals surface area contributed by atoms with Crippen molar-refractivity contribution >= 4 is 40.4 Å². The van der Waals surface area contributed by atoms with Gasteiger partial charge in [-0.15, -0.1) is 0 Å². The number of rotatable bonds is 5. The predicted molar refractivity (Wildman–Crippen MR) is 106 cm³/mol. The molecule has 3 rings (SSSR count). The van der Waals surface area contributed by atoms with E-state index < -0.39 is 29.3 Å². The molecule has 0 saturated carbocycles. The number of hydrogen-bond acceptors (Lipinski definition) is 5. The molecule has 1 amide bonds. The minimum Gasteiger partial charge on any atom is -0.442 e. The van der Waals surface area contributed by atoms with Crippen molar-refractivity contribution in [3.63, 3.8) is 0 Å². The summed E-state index contributed by atoms with van der Waals surface area (Å²) < 4.78 is 33.0. The molecule has 28 heavy (non-hydrogen) atoms. The zero-order valence-electron chi connectivity index (χ0n) is 14.9. The van der Waals surface area contributed by atoms with Crippen LogP contribution in [0.3, 0.4) is 0 Å². The summed E-state index contributed by atoms with van der Waals surface area (Å²) in [5.41, 5.74) is -0.243. The van der Waals surface area contributed by atoms with Crippen molar-refractivity contribution in [2.45, 2.75) is 13.0 Å². The predicted octanol–water partition coefficient (Wildman–Crippen LogP) is 3.33. The second-order valence-corrected chi connectivity index (χ2v) is 6.79. The lowest BCUT2D eigenvalue weighted by molar-refractivity contribution is 0.143. The maximum atomic E-state index is 14.5. The van der Waals surface area contributed by atoms with Crippen LogP contribution in [0, 0.1) is 11.6 Å². The van der Waals surface area contributed by atoms with Gasteiger partial charge in [-0.25, -0.2) is 13.6 Å². The molecule has 0 bridgehead atoms. The van der Waals surface area contributed by atoms with Crippen molar-refractivity contribution < 1.29 is 18.3 Å². The molecule has 1 aliphatic heterocycles. The van der Waals surface area contributed by atoms with Crippen LogP contribution in [-0.4, -0.2) is 30.3 Å². The Hall–Kier alpha value is -3.07. The topological polar surface area (TPSA) is 70.7 Å². The smallest absolute Gasteiger partial charge is 0.414 e. The minimum absolute atomic E-state index is 0.0228. The van der Waals surface area contributed by atoms with Crippen LogP contribution < -0.4 is 21.0 Å². The van der Waals surface area contributed by atoms with Gasteiger partial charge in [-0.05, 0) is 37.3 Å². The summed E-state index contributed by atoms with van der Waals surface area (Å²) in [5, 5.41) is 5.57. The molecular formula is C19H17F2N3O3S. The number of benzene rings is 1. The fraction of sp³-hybridized carbons (Fsp3) is 0.211. The SMILES string of the molecule is CC(=S)NC[C@H]1CN(c2ccc(Nc3cccc(F)cc3=O)c(F)c2)C(=O)O1. The van der Waals surface area contributed by atoms with Gasteiger partial charge in [0.15, 0.2) is 0 Å². The standard InChI is InChI=1S/C19H17F2N3O3S/c1-11(28)22-9-14-10-24(19(26)27-14)13-5-6-16(15(21)8-13)23-17-4-2-3-12(20)7-18(17)25/h2-8,14H,9-10H2,1H3,(H,22,28)(H,23,25)/t14-/m0/s1. The molecule has 0 aliphatic carbocycles. The number of thiocarbonyl (C=S) groups is 1. The Morgan fingerprint density at radius 3 is 2.71 bits per heavy atom. The average Bonchev–Trinajstić information content (AvgIpc) is 2.92. The van der Waals surface area contributed by atoms with E-state index in [1.807, 2.05) is 0 Å². The molecule has 6 nitrogen and oxygen atoms in total. The Bertz CT molecular complexity index is 987. The monoisotopic (exact) mass is 405 g/mol. The summed E-state index contributed by atoms with van der Waals surface area (Å²) in [6.45, 7) is 2.34. The van der Waals surface area contributed by atoms with Gasteiger partial charge in [-0.1, -0.05) is 18.3 Å². The van der Waals surface area contributed by atoms with Gasteiger partial charge in [-0.3, -0.25) is 9.69 Å². The fourth-order valence-electron chi connectivity index (χ4n) is 2.69. The minimum atomic E-state index is -0.686. The second kappa shape index (κ2) is 8.30. The third kappa shape index (κ3) is 4.61. The van der Waals surface area contributed by atoms with Crippen LogP contribution in [0.15, 0.2) is 47.3 Å². The number of anilines is 3. The first-order valence-corrected chi connectivity index (χ1v) is 8.83. The quantitative estimate of drug-likeness (QED) is 0.744. The number of cyclic esters (lactones) is 1. The second-order valence-electron chi connectivity index (χ2n) is 6.18. The number of amides is 1. The van der Waals surface area contributed by atoms with E-state index in [1.54, 1.807) is 6.92 Å². The Morgan fingerprint density at radius 2 is 2.00 bits per heavy atom. The molecule has 146 valence electrons. The van der Waals surface area contributed by atoms with E-state index in [-0.39, 0.29) is 17.9 Å². The molecule has 1 saturated heterocycles. The van der Waals surface area contributed by atoms with Crippen LogP contribution in [0.1, 0.15) is 6.92 Å². The third-order valence-electron chi connectivity index (χ3n) is 4.04. The van der Waals surface area contributed by atoms with Gasteiger partial charge in [-0.2, -0.15) is 0 Å². The van der Waals surface area contributed by atoms with Crippen LogP contribution in [0.2, 0.25) is 0 Å². The maximum Gasteiger partial charge on any atom is 0.414 e. The molecule has 1 heterocycles. The molecule has 0 spiro atoms. The molecule has 1 fully saturated rings. The number of carbonyl (C=O) groups excluding carboxylic acids is 1. The van der Waals surface area contributed by atoms with Gasteiger partial charge in [0.2, 0.25) is 5.43 Å². The van der Waals surface area contributed by atoms with E-state index in [1.165, 1.54) is 29.2 Å². The molecule has 0 aromatic heterocycles. The Kier molecular flexibility index (Phi) is 5.84. The Labute approximate surface area is 165 Å². The van der Waals surface area contributed by atoms with Crippen LogP contribution in [0.4, 0.5) is 30.6 Å². The average molecular weight is 405 g/mol. The molecular weight excluding hydrogens is 388 g/mol. The van der Waals surface area contributed by atoms with Crippen LogP contribution >= 0.6 is 12.2 Å². The van der Waals surface area contributed by atoms with Crippen molar-refractivity contribution in [3.8, 4) is 0 Å². The van der Waals surface area contributed by atoms with E-state index in [4.69, 9.17) is 17.0 Å². The highest BCUT2D eigenvalue weighted by Gasteiger charge is 2.32. The van der Waals surface area contributed by atoms with E-state index >= 15 is 0 Å². The highest BCUT2D eigenvalue weighted by molar-refractivity contribution is 7.80. The number of nitrogens with one attached hydrogen (secondary N) is 2. The molecule has 2 aromatic carbocycles. The first-order chi connectivity index (χ1) is 13.3. The van der Waals surface area contributed by atoms with Crippen LogP contribution in [0.5, 0.6) is 0 Å². The van der Waals surface area contributed by atoms with Gasteiger partial charge >= 0.3 is 6.09 Å². The summed E-state index contributed by atoms with van der Waals surface area (Å²) in [6.07, 6.45) is -0.991. The summed E-state index contributed by atoms with van der Waals surface area (Å²) in [5.74, 6) is -1.36. The number of halogens is 2. The molecule has 2 N–H and O–H groups in total. The summed E-state index contributed by atoms with van der Waals surface area (Å²) in [7, 11) is 0. The maximum absolute atomic E-state index is 14.5. The van der Waals surface area contributed by atoms with Crippen molar-refractivity contribution in [3.05, 3.63) is 64.3 Å². The molecule has 1 atom stereocenters. The van der Waals surface area contributed by atoms with Crippen LogP contribution in [-0.2, 0) is 4.74 Å². The normalized spacial score (nSPS) is 15.9. The molecule has 9 heteroatoms. The number of nitrogens with zero attached hydrogens (tertiary/aromatic N) is 1. The van der Waals surface area contributed by atoms with Gasteiger partial charge in [0.1, 0.15) is 17.7 Å². The van der Waals surface area contributed by atoms with Gasteiger partial charge in [0.25, 0.3) is 0 Å². The van der Waals surface area contributed by atoms with Crippen molar-refractivity contribution in [1.82, 2.24) is 5.32 Å². The largest absolute Gasteiger partial charge is 0.442 e. The summed E-state index contributed by atoms with van der Waals surface area (Å²) in [4.78, 5) is 25.9. The fourth-order valence-corrected chi connectivity index (χ4v) is 2.77. The number of carbonyl (C=O) groups is 1. The van der Waals surface area contributed by atoms with Crippen molar-refractivity contribution in [1.29, 1.82) is 0 Å². The lowest BCUT2D eigenvalue weighted by Crippen LogP contribution is -2.32. The highest BCUT2D eigenvalue weighted by atomic mass is 32.1. The third-order valence-corrected chi connectivity index (χ3v) is 4.18. The summed E-state index contributed by atoms with van der Waals surface area (Å²) >= 11 is 4.93. The van der Waals surface area contributed by atoms with Gasteiger partial charge in [0, 0.05) is 6.07 Å². The zero-order valence-corrected chi connectivity index (χ0v) is 15.7. The molecule has 1 aliphatic rings. The zero-order chi connectivity index (χ0) is 20.3. The van der Waals surface area contributed by atoms with E-state index in [2.05, 4.69) is 10.6 Å². The van der Waals surface area contributed by atoms with Gasteiger partial charge in [0.05, 0.1) is 35.1 Å². The number of hydrogen-bond donors (Lipinski definition) is 2. The van der Waals surface area contributed by atoms with Crippen molar-refractivity contribution in [2.24, 2.45) is 0 Å². The van der Waals surface area contributed by atoms with E-state index in [0.717, 1.165) is 18.2 Å². The van der Waals surface area contributed by atoms with Gasteiger partial charge < -0.3 is 15.4 Å². The Balaban J connectivity index is 1.76. The van der Waals surface area contributed by atoms with E-state index in [9.17, 15) is 18.4 Å². The molecule has 0 radical (unpaired) electrons. The lowest BCUT2D eigenvalue weighted by Gasteiger charge is -2.15. The summed E-state index contributed by atoms with van der Waals surface area (Å²) in [6, 6.07) is 8.73. The molecule has 2 aromatic rings. The molecule has 0 unspecified atom stereocenters. The number of ether oxygens (including phenoxy) is 1.